The van der Waals surface area contributed by atoms with E-state index in [0.717, 1.165) is 30.5 Å². The lowest BCUT2D eigenvalue weighted by molar-refractivity contribution is -0.150. The first kappa shape index (κ1) is 16.5. The Labute approximate surface area is 147 Å². The summed E-state index contributed by atoms with van der Waals surface area (Å²) in [6, 6.07) is 3.75. The molecule has 1 N–H and O–H groups in total. The number of nitrogens with zero attached hydrogens (tertiary/aromatic N) is 2. The van der Waals surface area contributed by atoms with Gasteiger partial charge in [0.1, 0.15) is 0 Å². The first-order chi connectivity index (χ1) is 12.1. The Hall–Kier alpha value is -1.95. The number of aromatic nitrogens is 1. The van der Waals surface area contributed by atoms with Gasteiger partial charge in [-0.1, -0.05) is 0 Å². The van der Waals surface area contributed by atoms with Crippen molar-refractivity contribution in [1.82, 2.24) is 9.88 Å². The number of carbonyl (C=O) groups excluding carboxylic acids is 1. The lowest BCUT2D eigenvalue weighted by atomic mass is 9.89. The van der Waals surface area contributed by atoms with E-state index < -0.39 is 12.1 Å². The molecule has 0 radical (unpaired) electrons. The zero-order valence-electron chi connectivity index (χ0n) is 14.3. The van der Waals surface area contributed by atoms with Crippen LogP contribution in [0.5, 0.6) is 0 Å². The van der Waals surface area contributed by atoms with E-state index >= 15 is 0 Å². The van der Waals surface area contributed by atoms with Crippen molar-refractivity contribution < 1.29 is 19.4 Å². The number of aliphatic carboxylic acids is 1. The van der Waals surface area contributed by atoms with Crippen LogP contribution in [0.3, 0.4) is 0 Å². The standard InChI is InChI=1S/C19H24N2O4/c22-18(14-5-8-20-15(11-14)12-1-2-12)21-9-6-13(7-10-21)16-3-4-17(25-16)19(23)24/h5,8,11-13,16-17H,1-4,6-7,9-10H2,(H,23,24)/t16-,17+/m0/s1. The number of hydrogen-bond donors (Lipinski definition) is 1. The molecule has 6 heteroatoms. The van der Waals surface area contributed by atoms with Gasteiger partial charge >= 0.3 is 5.97 Å². The van der Waals surface area contributed by atoms with Crippen LogP contribution in [0.4, 0.5) is 0 Å². The fraction of sp³-hybridized carbons (Fsp3) is 0.632. The Morgan fingerprint density at radius 3 is 2.52 bits per heavy atom. The molecule has 1 saturated carbocycles. The van der Waals surface area contributed by atoms with Crippen LogP contribution in [0.15, 0.2) is 18.3 Å². The van der Waals surface area contributed by atoms with E-state index in [0.29, 0.717) is 31.3 Å². The van der Waals surface area contributed by atoms with Gasteiger partial charge in [-0.15, -0.1) is 0 Å². The summed E-state index contributed by atoms with van der Waals surface area (Å²) in [6.07, 6.45) is 6.63. The van der Waals surface area contributed by atoms with Crippen molar-refractivity contribution in [2.45, 2.75) is 56.7 Å². The minimum absolute atomic E-state index is 0.0285. The molecule has 1 aromatic heterocycles. The highest BCUT2D eigenvalue weighted by atomic mass is 16.5. The number of ether oxygens (including phenoxy) is 1. The molecule has 1 aromatic rings. The van der Waals surface area contributed by atoms with E-state index in [1.54, 1.807) is 12.3 Å². The second kappa shape index (κ2) is 6.75. The maximum absolute atomic E-state index is 12.8. The van der Waals surface area contributed by atoms with Crippen LogP contribution >= 0.6 is 0 Å². The molecule has 0 bridgehead atoms. The molecule has 2 aliphatic heterocycles. The average molecular weight is 344 g/mol. The van der Waals surface area contributed by atoms with E-state index in [2.05, 4.69) is 4.98 Å². The smallest absolute Gasteiger partial charge is 0.332 e. The zero-order valence-corrected chi connectivity index (χ0v) is 14.3. The minimum Gasteiger partial charge on any atom is -0.479 e. The third-order valence-corrected chi connectivity index (χ3v) is 5.70. The molecule has 0 aromatic carbocycles. The summed E-state index contributed by atoms with van der Waals surface area (Å²) in [4.78, 5) is 30.1. The summed E-state index contributed by atoms with van der Waals surface area (Å²) >= 11 is 0. The Kier molecular flexibility index (Phi) is 4.46. The molecule has 4 rings (SSSR count). The predicted octanol–water partition coefficient (Wildman–Crippen LogP) is 2.44. The Bertz CT molecular complexity index is 665. The zero-order chi connectivity index (χ0) is 17.4. The first-order valence-corrected chi connectivity index (χ1v) is 9.25. The van der Waals surface area contributed by atoms with Crippen LogP contribution in [0.1, 0.15) is 60.5 Å². The number of piperidine rings is 1. The molecule has 3 fully saturated rings. The maximum atomic E-state index is 12.8. The van der Waals surface area contributed by atoms with Gasteiger partial charge in [-0.25, -0.2) is 4.79 Å². The van der Waals surface area contributed by atoms with Crippen LogP contribution in [-0.2, 0) is 9.53 Å². The molecule has 2 saturated heterocycles. The molecule has 0 spiro atoms. The molecule has 2 atom stereocenters. The van der Waals surface area contributed by atoms with E-state index in [4.69, 9.17) is 9.84 Å². The SMILES string of the molecule is O=C(O)[C@H]1CC[C@@H](C2CCN(C(=O)c3ccnc(C4CC4)c3)CC2)O1. The Morgan fingerprint density at radius 2 is 1.88 bits per heavy atom. The van der Waals surface area contributed by atoms with E-state index in [-0.39, 0.29) is 12.0 Å². The van der Waals surface area contributed by atoms with Crippen molar-refractivity contribution in [1.29, 1.82) is 0 Å². The second-order valence-corrected chi connectivity index (χ2v) is 7.45. The van der Waals surface area contributed by atoms with E-state index in [1.807, 2.05) is 11.0 Å². The summed E-state index contributed by atoms with van der Waals surface area (Å²) in [5.41, 5.74) is 1.78. The molecule has 1 amide bonds. The van der Waals surface area contributed by atoms with Gasteiger partial charge in [-0.05, 0) is 56.6 Å². The second-order valence-electron chi connectivity index (χ2n) is 7.45. The van der Waals surface area contributed by atoms with Crippen LogP contribution < -0.4 is 0 Å². The molecule has 25 heavy (non-hydrogen) atoms. The van der Waals surface area contributed by atoms with Crippen LogP contribution in [0.2, 0.25) is 0 Å². The van der Waals surface area contributed by atoms with Gasteiger partial charge in [0.05, 0.1) is 6.10 Å². The fourth-order valence-electron chi connectivity index (χ4n) is 4.03. The van der Waals surface area contributed by atoms with Crippen molar-refractivity contribution in [3.63, 3.8) is 0 Å². The van der Waals surface area contributed by atoms with Gasteiger partial charge in [0.15, 0.2) is 6.10 Å². The van der Waals surface area contributed by atoms with Gasteiger partial charge in [0, 0.05) is 36.5 Å². The number of carbonyl (C=O) groups is 2. The average Bonchev–Trinajstić information content (AvgIpc) is 3.37. The summed E-state index contributed by atoms with van der Waals surface area (Å²) in [6.45, 7) is 1.42. The third-order valence-electron chi connectivity index (χ3n) is 5.70. The molecule has 3 heterocycles. The van der Waals surface area contributed by atoms with Crippen molar-refractivity contribution in [3.05, 3.63) is 29.6 Å². The summed E-state index contributed by atoms with van der Waals surface area (Å²) < 4.78 is 5.68. The monoisotopic (exact) mass is 344 g/mol. The van der Waals surface area contributed by atoms with Crippen molar-refractivity contribution >= 4 is 11.9 Å². The highest BCUT2D eigenvalue weighted by Gasteiger charge is 2.37. The number of rotatable bonds is 4. The number of hydrogen-bond acceptors (Lipinski definition) is 4. The molecule has 3 aliphatic rings. The molecular formula is C19H24N2O4. The molecule has 0 unspecified atom stereocenters. The number of likely N-dealkylation sites (tertiary alicyclic amines) is 1. The Morgan fingerprint density at radius 1 is 1.12 bits per heavy atom. The van der Waals surface area contributed by atoms with E-state index in [9.17, 15) is 9.59 Å². The van der Waals surface area contributed by atoms with Crippen molar-refractivity contribution in [2.24, 2.45) is 5.92 Å². The largest absolute Gasteiger partial charge is 0.479 e. The highest BCUT2D eigenvalue weighted by molar-refractivity contribution is 5.94. The summed E-state index contributed by atoms with van der Waals surface area (Å²) in [7, 11) is 0. The first-order valence-electron chi connectivity index (χ1n) is 9.25. The molecule has 134 valence electrons. The van der Waals surface area contributed by atoms with Gasteiger partial charge < -0.3 is 14.7 Å². The number of carboxylic acids is 1. The van der Waals surface area contributed by atoms with Gasteiger partial charge in [-0.2, -0.15) is 0 Å². The quantitative estimate of drug-likeness (QED) is 0.907. The summed E-state index contributed by atoms with van der Waals surface area (Å²) in [5, 5.41) is 9.05. The maximum Gasteiger partial charge on any atom is 0.332 e. The van der Waals surface area contributed by atoms with E-state index in [1.165, 1.54) is 12.8 Å². The number of carboxylic acid groups (broad SMARTS) is 1. The Balaban J connectivity index is 1.33. The van der Waals surface area contributed by atoms with Crippen molar-refractivity contribution in [2.75, 3.05) is 13.1 Å². The predicted molar refractivity (Wildman–Crippen MR) is 90.4 cm³/mol. The van der Waals surface area contributed by atoms with Crippen LogP contribution in [0, 0.1) is 5.92 Å². The third kappa shape index (κ3) is 3.54. The number of amides is 1. The van der Waals surface area contributed by atoms with Gasteiger partial charge in [0.2, 0.25) is 0 Å². The van der Waals surface area contributed by atoms with Gasteiger partial charge in [-0.3, -0.25) is 9.78 Å². The normalized spacial score (nSPS) is 27.4. The topological polar surface area (TPSA) is 79.7 Å². The lowest BCUT2D eigenvalue weighted by Crippen LogP contribution is -2.41. The molecule has 6 nitrogen and oxygen atoms in total. The summed E-state index contributed by atoms with van der Waals surface area (Å²) in [5.74, 6) is 0.116. The molecular weight excluding hydrogens is 320 g/mol. The van der Waals surface area contributed by atoms with Crippen molar-refractivity contribution in [3.8, 4) is 0 Å². The molecule has 1 aliphatic carbocycles. The fourth-order valence-corrected chi connectivity index (χ4v) is 4.03. The van der Waals surface area contributed by atoms with Crippen LogP contribution in [-0.4, -0.2) is 52.2 Å². The minimum atomic E-state index is -0.862. The lowest BCUT2D eigenvalue weighted by Gasteiger charge is -2.34. The highest BCUT2D eigenvalue weighted by Crippen LogP contribution is 2.39. The number of pyridine rings is 1. The van der Waals surface area contributed by atoms with Crippen LogP contribution in [0.25, 0.3) is 0 Å². The van der Waals surface area contributed by atoms with Gasteiger partial charge in [0.25, 0.3) is 5.91 Å².